The zero-order chi connectivity index (χ0) is 15.6. The van der Waals surface area contributed by atoms with Crippen molar-refractivity contribution in [2.24, 2.45) is 5.73 Å². The van der Waals surface area contributed by atoms with Crippen LogP contribution in [0.5, 0.6) is 0 Å². The van der Waals surface area contributed by atoms with E-state index in [1.165, 1.54) is 15.6 Å². The normalized spacial score (nSPS) is 11.8. The summed E-state index contributed by atoms with van der Waals surface area (Å²) in [7, 11) is -1.95. The van der Waals surface area contributed by atoms with E-state index in [4.69, 9.17) is 18.0 Å². The average molecular weight is 340 g/mol. The zero-order valence-electron chi connectivity index (χ0n) is 11.7. The molecular formula is C14H16N2O2S3. The topological polar surface area (TPSA) is 63.4 Å². The molecule has 1 heterocycles. The first kappa shape index (κ1) is 16.1. The molecule has 0 saturated carbocycles. The molecule has 0 bridgehead atoms. The standard InChI is InChI=1S/C14H16N2O2S3/c1-10-8-12(5-6-13(10)14(15)19)21(17,18)16(2)9-11-4-3-7-20-11/h3-8H,9H2,1-2H3,(H2,15,19). The largest absolute Gasteiger partial charge is 0.389 e. The summed E-state index contributed by atoms with van der Waals surface area (Å²) in [5.74, 6) is 0. The molecule has 0 radical (unpaired) electrons. The quantitative estimate of drug-likeness (QED) is 0.850. The smallest absolute Gasteiger partial charge is 0.243 e. The number of sulfonamides is 1. The number of benzene rings is 1. The lowest BCUT2D eigenvalue weighted by atomic mass is 10.1. The number of hydrogen-bond donors (Lipinski definition) is 1. The van der Waals surface area contributed by atoms with Crippen molar-refractivity contribution >= 4 is 38.6 Å². The fourth-order valence-corrected chi connectivity index (χ4v) is 4.26. The summed E-state index contributed by atoms with van der Waals surface area (Å²) in [5, 5.41) is 1.93. The van der Waals surface area contributed by atoms with Crippen LogP contribution in [0.4, 0.5) is 0 Å². The predicted octanol–water partition coefficient (Wildman–Crippen LogP) is 2.51. The maximum absolute atomic E-state index is 12.6. The SMILES string of the molecule is Cc1cc(S(=O)(=O)N(C)Cc2cccs2)ccc1C(N)=S. The lowest BCUT2D eigenvalue weighted by molar-refractivity contribution is 0.469. The molecule has 0 fully saturated rings. The molecule has 0 unspecified atom stereocenters. The summed E-state index contributed by atoms with van der Waals surface area (Å²) >= 11 is 6.47. The molecule has 2 aromatic rings. The summed E-state index contributed by atoms with van der Waals surface area (Å²) < 4.78 is 26.5. The van der Waals surface area contributed by atoms with Crippen molar-refractivity contribution in [1.82, 2.24) is 4.31 Å². The fourth-order valence-electron chi connectivity index (χ4n) is 1.96. The molecule has 0 aliphatic heterocycles. The monoisotopic (exact) mass is 340 g/mol. The molecule has 7 heteroatoms. The van der Waals surface area contributed by atoms with Crippen molar-refractivity contribution in [1.29, 1.82) is 0 Å². The van der Waals surface area contributed by atoms with Gasteiger partial charge < -0.3 is 5.73 Å². The van der Waals surface area contributed by atoms with E-state index in [1.807, 2.05) is 17.5 Å². The summed E-state index contributed by atoms with van der Waals surface area (Å²) in [4.78, 5) is 1.51. The Morgan fingerprint density at radius 1 is 1.38 bits per heavy atom. The van der Waals surface area contributed by atoms with Crippen LogP contribution in [-0.2, 0) is 16.6 Å². The Labute approximate surface area is 134 Å². The second-order valence-electron chi connectivity index (χ2n) is 4.68. The van der Waals surface area contributed by atoms with Crippen LogP contribution >= 0.6 is 23.6 Å². The highest BCUT2D eigenvalue weighted by atomic mass is 32.2. The summed E-state index contributed by atoms with van der Waals surface area (Å²) in [6.07, 6.45) is 0. The molecule has 1 aromatic heterocycles. The molecule has 4 nitrogen and oxygen atoms in total. The van der Waals surface area contributed by atoms with Crippen LogP contribution < -0.4 is 5.73 Å². The number of hydrogen-bond acceptors (Lipinski definition) is 4. The summed E-state index contributed by atoms with van der Waals surface area (Å²) in [6.45, 7) is 2.16. The van der Waals surface area contributed by atoms with Crippen molar-refractivity contribution in [3.8, 4) is 0 Å². The molecule has 0 atom stereocenters. The van der Waals surface area contributed by atoms with Gasteiger partial charge >= 0.3 is 0 Å². The van der Waals surface area contributed by atoms with E-state index in [2.05, 4.69) is 0 Å². The number of aryl methyl sites for hydroxylation is 1. The maximum atomic E-state index is 12.6. The first-order valence-electron chi connectivity index (χ1n) is 6.21. The summed E-state index contributed by atoms with van der Waals surface area (Å²) in [5.41, 5.74) is 7.05. The zero-order valence-corrected chi connectivity index (χ0v) is 14.2. The van der Waals surface area contributed by atoms with Crippen LogP contribution in [0.3, 0.4) is 0 Å². The summed E-state index contributed by atoms with van der Waals surface area (Å²) in [6, 6.07) is 8.62. The third kappa shape index (κ3) is 3.49. The highest BCUT2D eigenvalue weighted by Gasteiger charge is 2.22. The van der Waals surface area contributed by atoms with Crippen molar-refractivity contribution in [3.63, 3.8) is 0 Å². The van der Waals surface area contributed by atoms with E-state index in [9.17, 15) is 8.42 Å². The minimum atomic E-state index is -3.52. The molecule has 0 amide bonds. The third-order valence-corrected chi connectivity index (χ3v) is 6.01. The Kier molecular flexibility index (Phi) is 4.77. The number of thiophene rings is 1. The highest BCUT2D eigenvalue weighted by Crippen LogP contribution is 2.21. The molecule has 1 aromatic carbocycles. The van der Waals surface area contributed by atoms with Crippen LogP contribution in [0.2, 0.25) is 0 Å². The van der Waals surface area contributed by atoms with Crippen molar-refractivity contribution in [3.05, 3.63) is 51.7 Å². The lowest BCUT2D eigenvalue weighted by Crippen LogP contribution is -2.26. The Hall–Kier alpha value is -1.28. The molecule has 21 heavy (non-hydrogen) atoms. The van der Waals surface area contributed by atoms with Gasteiger partial charge in [0.2, 0.25) is 10.0 Å². The minimum Gasteiger partial charge on any atom is -0.389 e. The van der Waals surface area contributed by atoms with Crippen LogP contribution in [0.15, 0.2) is 40.6 Å². The van der Waals surface area contributed by atoms with E-state index in [0.717, 1.165) is 10.4 Å². The Bertz CT molecular complexity index is 753. The molecule has 0 aliphatic carbocycles. The predicted molar refractivity (Wildman–Crippen MR) is 90.0 cm³/mol. The van der Waals surface area contributed by atoms with Crippen LogP contribution in [0.1, 0.15) is 16.0 Å². The van der Waals surface area contributed by atoms with E-state index in [0.29, 0.717) is 12.1 Å². The van der Waals surface area contributed by atoms with Crippen molar-refractivity contribution in [2.75, 3.05) is 7.05 Å². The molecule has 2 N–H and O–H groups in total. The minimum absolute atomic E-state index is 0.249. The number of thiocarbonyl (C=S) groups is 1. The fraction of sp³-hybridized carbons (Fsp3) is 0.214. The van der Waals surface area contributed by atoms with Gasteiger partial charge in [0.15, 0.2) is 0 Å². The van der Waals surface area contributed by atoms with Gasteiger partial charge in [0.25, 0.3) is 0 Å². The molecule has 112 valence electrons. The second-order valence-corrected chi connectivity index (χ2v) is 8.20. The molecule has 0 saturated heterocycles. The first-order valence-corrected chi connectivity index (χ1v) is 8.94. The highest BCUT2D eigenvalue weighted by molar-refractivity contribution is 7.89. The number of nitrogens with zero attached hydrogens (tertiary/aromatic N) is 1. The van der Waals surface area contributed by atoms with Gasteiger partial charge in [-0.15, -0.1) is 11.3 Å². The van der Waals surface area contributed by atoms with Gasteiger partial charge in [0.05, 0.1) is 4.90 Å². The first-order chi connectivity index (χ1) is 9.82. The molecule has 0 spiro atoms. The van der Waals surface area contributed by atoms with Gasteiger partial charge in [0, 0.05) is 24.0 Å². The van der Waals surface area contributed by atoms with Gasteiger partial charge in [-0.2, -0.15) is 4.31 Å². The lowest BCUT2D eigenvalue weighted by Gasteiger charge is -2.17. The number of nitrogens with two attached hydrogens (primary N) is 1. The van der Waals surface area contributed by atoms with E-state index >= 15 is 0 Å². The molecule has 0 aliphatic rings. The van der Waals surface area contributed by atoms with E-state index in [-0.39, 0.29) is 9.88 Å². The van der Waals surface area contributed by atoms with Gasteiger partial charge in [0.1, 0.15) is 4.99 Å². The maximum Gasteiger partial charge on any atom is 0.243 e. The Morgan fingerprint density at radius 3 is 2.62 bits per heavy atom. The van der Waals surface area contributed by atoms with Crippen LogP contribution in [-0.4, -0.2) is 24.8 Å². The van der Waals surface area contributed by atoms with E-state index in [1.54, 1.807) is 32.2 Å². The van der Waals surface area contributed by atoms with Gasteiger partial charge in [-0.25, -0.2) is 8.42 Å². The van der Waals surface area contributed by atoms with Gasteiger partial charge in [-0.3, -0.25) is 0 Å². The van der Waals surface area contributed by atoms with Crippen molar-refractivity contribution in [2.45, 2.75) is 18.4 Å². The third-order valence-electron chi connectivity index (χ3n) is 3.13. The molecular weight excluding hydrogens is 324 g/mol. The Balaban J connectivity index is 2.31. The van der Waals surface area contributed by atoms with E-state index < -0.39 is 10.0 Å². The molecule has 2 rings (SSSR count). The van der Waals surface area contributed by atoms with Crippen LogP contribution in [0, 0.1) is 6.92 Å². The average Bonchev–Trinajstić information content (AvgIpc) is 2.90. The van der Waals surface area contributed by atoms with Crippen LogP contribution in [0.25, 0.3) is 0 Å². The van der Waals surface area contributed by atoms with Gasteiger partial charge in [-0.1, -0.05) is 24.4 Å². The van der Waals surface area contributed by atoms with Crippen molar-refractivity contribution < 1.29 is 8.42 Å². The number of rotatable bonds is 5. The second kappa shape index (κ2) is 6.23. The van der Waals surface area contributed by atoms with Gasteiger partial charge in [-0.05, 0) is 36.1 Å². The Morgan fingerprint density at radius 2 is 2.10 bits per heavy atom.